The molecule has 0 bridgehead atoms. The van der Waals surface area contributed by atoms with Crippen molar-refractivity contribution >= 4 is 17.8 Å². The molecule has 0 fully saturated rings. The molecule has 0 saturated carbocycles. The predicted molar refractivity (Wildman–Crippen MR) is 167 cm³/mol. The van der Waals surface area contributed by atoms with E-state index in [1.165, 1.54) is 12.1 Å². The number of rotatable bonds is 8. The zero-order valence-electron chi connectivity index (χ0n) is 24.7. The Labute approximate surface area is 243 Å². The Hall–Kier alpha value is -4.44. The number of benzene rings is 4. The molecule has 4 aromatic rings. The summed E-state index contributed by atoms with van der Waals surface area (Å²) >= 11 is 0. The van der Waals surface area contributed by atoms with Crippen molar-refractivity contribution in [1.29, 1.82) is 0 Å². The molecule has 0 radical (unpaired) electrons. The van der Waals surface area contributed by atoms with Gasteiger partial charge in [-0.05, 0) is 57.4 Å². The average Bonchev–Trinajstić information content (AvgIpc) is 2.94. The fourth-order valence-electron chi connectivity index (χ4n) is 5.06. The van der Waals surface area contributed by atoms with E-state index in [2.05, 4.69) is 53.7 Å². The number of ketones is 1. The lowest BCUT2D eigenvalue weighted by atomic mass is 9.73. The van der Waals surface area contributed by atoms with Gasteiger partial charge in [-0.3, -0.25) is 4.79 Å². The van der Waals surface area contributed by atoms with Gasteiger partial charge in [0.2, 0.25) is 0 Å². The fraction of sp³-hybridized carbons (Fsp3) is 0.243. The summed E-state index contributed by atoms with van der Waals surface area (Å²) in [5.41, 5.74) is 5.83. The van der Waals surface area contributed by atoms with Crippen molar-refractivity contribution in [3.8, 4) is 16.9 Å². The second kappa shape index (κ2) is 12.0. The molecular weight excluding hydrogens is 508 g/mol. The van der Waals surface area contributed by atoms with Gasteiger partial charge >= 0.3 is 5.97 Å². The van der Waals surface area contributed by atoms with Gasteiger partial charge in [-0.1, -0.05) is 120 Å². The van der Waals surface area contributed by atoms with Crippen molar-refractivity contribution in [2.45, 2.75) is 59.0 Å². The molecule has 0 aliphatic rings. The molecule has 0 amide bonds. The molecule has 1 N–H and O–H groups in total. The lowest BCUT2D eigenvalue weighted by molar-refractivity contribution is 0.0696. The van der Waals surface area contributed by atoms with E-state index in [-0.39, 0.29) is 16.8 Å². The van der Waals surface area contributed by atoms with E-state index in [0.717, 1.165) is 39.1 Å². The number of hydrogen-bond donors (Lipinski definition) is 1. The molecule has 0 heterocycles. The zero-order valence-corrected chi connectivity index (χ0v) is 24.7. The number of carbonyl (C=O) groups is 2. The van der Waals surface area contributed by atoms with Gasteiger partial charge in [-0.2, -0.15) is 0 Å². The van der Waals surface area contributed by atoms with Crippen molar-refractivity contribution in [2.24, 2.45) is 0 Å². The number of ether oxygens (including phenoxy) is 1. The summed E-state index contributed by atoms with van der Waals surface area (Å²) in [7, 11) is 0. The number of carboxylic acids is 1. The molecule has 4 heteroatoms. The van der Waals surface area contributed by atoms with Gasteiger partial charge in [-0.15, -0.1) is 0 Å². The maximum atomic E-state index is 14.0. The molecule has 4 nitrogen and oxygen atoms in total. The first kappa shape index (κ1) is 29.5. The Kier molecular flexibility index (Phi) is 8.63. The monoisotopic (exact) mass is 546 g/mol. The highest BCUT2D eigenvalue weighted by Gasteiger charge is 2.34. The molecule has 4 rings (SSSR count). The summed E-state index contributed by atoms with van der Waals surface area (Å²) < 4.78 is 6.73. The van der Waals surface area contributed by atoms with Crippen LogP contribution >= 0.6 is 0 Å². The minimum Gasteiger partial charge on any atom is -0.488 e. The highest BCUT2D eigenvalue weighted by atomic mass is 16.5. The lowest BCUT2D eigenvalue weighted by Gasteiger charge is -2.33. The first-order valence-electron chi connectivity index (χ1n) is 13.9. The van der Waals surface area contributed by atoms with Crippen molar-refractivity contribution in [2.75, 3.05) is 0 Å². The number of carboxylic acid groups (broad SMARTS) is 1. The van der Waals surface area contributed by atoms with Crippen LogP contribution < -0.4 is 4.74 Å². The van der Waals surface area contributed by atoms with Crippen molar-refractivity contribution in [3.63, 3.8) is 0 Å². The minimum absolute atomic E-state index is 0.139. The molecule has 210 valence electrons. The molecule has 41 heavy (non-hydrogen) atoms. The third-order valence-electron chi connectivity index (χ3n) is 6.94. The smallest absolute Gasteiger partial charge is 0.335 e. The summed E-state index contributed by atoms with van der Waals surface area (Å²) in [6.45, 7) is 13.2. The van der Waals surface area contributed by atoms with Crippen LogP contribution in [-0.2, 0) is 17.4 Å². The summed E-state index contributed by atoms with van der Waals surface area (Å²) in [5, 5.41) is 9.21. The Morgan fingerprint density at radius 1 is 0.756 bits per heavy atom. The fourth-order valence-corrected chi connectivity index (χ4v) is 5.06. The van der Waals surface area contributed by atoms with Crippen LogP contribution in [0.4, 0.5) is 0 Å². The van der Waals surface area contributed by atoms with Gasteiger partial charge < -0.3 is 9.84 Å². The number of allylic oxidation sites excluding steroid dienone is 1. The molecule has 0 aliphatic heterocycles. The second-order valence-corrected chi connectivity index (χ2v) is 12.3. The first-order valence-corrected chi connectivity index (χ1v) is 13.9. The first-order chi connectivity index (χ1) is 19.4. The Balaban J connectivity index is 1.94. The lowest BCUT2D eigenvalue weighted by Crippen LogP contribution is -2.24. The topological polar surface area (TPSA) is 63.6 Å². The van der Waals surface area contributed by atoms with Crippen LogP contribution in [0.2, 0.25) is 0 Å². The minimum atomic E-state index is -0.984. The van der Waals surface area contributed by atoms with Crippen LogP contribution in [0.5, 0.6) is 5.75 Å². The maximum absolute atomic E-state index is 14.0. The Morgan fingerprint density at radius 2 is 1.32 bits per heavy atom. The maximum Gasteiger partial charge on any atom is 0.335 e. The normalized spacial score (nSPS) is 12.0. The third kappa shape index (κ3) is 7.01. The van der Waals surface area contributed by atoms with Gasteiger partial charge in [0.05, 0.1) is 5.56 Å². The highest BCUT2D eigenvalue weighted by Crippen LogP contribution is 2.47. The highest BCUT2D eigenvalue weighted by molar-refractivity contribution is 6.09. The van der Waals surface area contributed by atoms with Crippen LogP contribution in [0.25, 0.3) is 17.2 Å². The predicted octanol–water partition coefficient (Wildman–Crippen LogP) is 9.12. The Morgan fingerprint density at radius 3 is 1.85 bits per heavy atom. The van der Waals surface area contributed by atoms with Crippen LogP contribution in [-0.4, -0.2) is 16.9 Å². The quantitative estimate of drug-likeness (QED) is 0.177. The molecule has 0 saturated heterocycles. The summed E-state index contributed by atoms with van der Waals surface area (Å²) in [4.78, 5) is 25.2. The van der Waals surface area contributed by atoms with Gasteiger partial charge in [0.25, 0.3) is 0 Å². The van der Waals surface area contributed by atoms with E-state index in [0.29, 0.717) is 12.2 Å². The van der Waals surface area contributed by atoms with E-state index in [9.17, 15) is 14.7 Å². The van der Waals surface area contributed by atoms with E-state index >= 15 is 0 Å². The van der Waals surface area contributed by atoms with Crippen molar-refractivity contribution in [3.05, 3.63) is 130 Å². The molecule has 4 aromatic carbocycles. The molecule has 0 spiro atoms. The summed E-state index contributed by atoms with van der Waals surface area (Å²) in [6.07, 6.45) is 3.29. The Bertz CT molecular complexity index is 1550. The molecule has 0 aliphatic carbocycles. The van der Waals surface area contributed by atoms with Gasteiger partial charge in [0, 0.05) is 16.7 Å². The van der Waals surface area contributed by atoms with Crippen molar-refractivity contribution < 1.29 is 19.4 Å². The van der Waals surface area contributed by atoms with Crippen LogP contribution in [0.15, 0.2) is 97.1 Å². The summed E-state index contributed by atoms with van der Waals surface area (Å²) in [5.74, 6) is -0.376. The van der Waals surface area contributed by atoms with Gasteiger partial charge in [-0.25, -0.2) is 4.79 Å². The molecule has 0 aromatic heterocycles. The second-order valence-electron chi connectivity index (χ2n) is 12.3. The molecular formula is C37H38O4. The van der Waals surface area contributed by atoms with Crippen molar-refractivity contribution in [1.82, 2.24) is 0 Å². The number of hydrogen-bond acceptors (Lipinski definition) is 3. The SMILES string of the molecule is CC(C)(C)c1c(C(=O)C=Cc2ccc(C(=O)O)cc2)cc(-c2ccccc2)c(C(C)(C)C)c1OCc1ccccc1. The number of carbonyl (C=O) groups excluding carboxylic acids is 1. The standard InChI is InChI=1S/C37H38O4/c1-36(2,3)32-29(27-15-11-8-12-16-27)23-30(31(38)22-19-25-17-20-28(21-18-25)35(39)40)33(37(4,5)6)34(32)41-24-26-13-9-7-10-14-26/h7-23H,24H2,1-6H3,(H,39,40). The summed E-state index contributed by atoms with van der Waals surface area (Å²) in [6, 6.07) is 28.7. The van der Waals surface area contributed by atoms with E-state index in [4.69, 9.17) is 4.74 Å². The van der Waals surface area contributed by atoms with Crippen LogP contribution in [0, 0.1) is 0 Å². The zero-order chi connectivity index (χ0) is 29.8. The van der Waals surface area contributed by atoms with E-state index in [1.54, 1.807) is 24.3 Å². The molecule has 0 unspecified atom stereocenters. The average molecular weight is 547 g/mol. The largest absolute Gasteiger partial charge is 0.488 e. The third-order valence-corrected chi connectivity index (χ3v) is 6.94. The van der Waals surface area contributed by atoms with Crippen LogP contribution in [0.3, 0.4) is 0 Å². The molecule has 0 atom stereocenters. The van der Waals surface area contributed by atoms with Gasteiger partial charge in [0.15, 0.2) is 5.78 Å². The van der Waals surface area contributed by atoms with Crippen LogP contribution in [0.1, 0.15) is 84.5 Å². The van der Waals surface area contributed by atoms with E-state index < -0.39 is 11.4 Å². The van der Waals surface area contributed by atoms with Gasteiger partial charge in [0.1, 0.15) is 12.4 Å². The van der Waals surface area contributed by atoms with E-state index in [1.807, 2.05) is 54.6 Å². The number of aromatic carboxylic acids is 1.